The maximum atomic E-state index is 4.19. The summed E-state index contributed by atoms with van der Waals surface area (Å²) >= 11 is 1.67. The van der Waals surface area contributed by atoms with Crippen LogP contribution < -0.4 is 5.59 Å². The van der Waals surface area contributed by atoms with Crippen LogP contribution in [-0.4, -0.2) is 17.8 Å². The Morgan fingerprint density at radius 3 is 2.80 bits per heavy atom. The Balaban J connectivity index is 2.69. The van der Waals surface area contributed by atoms with Gasteiger partial charge in [-0.2, -0.15) is 0 Å². The standard InChI is InChI=1S/C7H9BNS/c1-6-3-4-7(8-10-2)9-5-6/h3-5H,1-2H3. The Kier molecular flexibility index (Phi) is 2.81. The van der Waals surface area contributed by atoms with Gasteiger partial charge < -0.3 is 0 Å². The highest BCUT2D eigenvalue weighted by Gasteiger charge is 1.92. The third-order valence-corrected chi connectivity index (χ3v) is 1.65. The topological polar surface area (TPSA) is 12.9 Å². The van der Waals surface area contributed by atoms with Gasteiger partial charge in [0.1, 0.15) is 0 Å². The number of aromatic nitrogens is 1. The van der Waals surface area contributed by atoms with Crippen molar-refractivity contribution in [2.45, 2.75) is 6.92 Å². The second kappa shape index (κ2) is 3.66. The van der Waals surface area contributed by atoms with E-state index in [-0.39, 0.29) is 0 Å². The van der Waals surface area contributed by atoms with Gasteiger partial charge in [0.15, 0.2) is 0 Å². The van der Waals surface area contributed by atoms with Gasteiger partial charge in [0.2, 0.25) is 0 Å². The summed E-state index contributed by atoms with van der Waals surface area (Å²) in [5, 5.41) is 0. The monoisotopic (exact) mass is 150 g/mol. The zero-order valence-electron chi connectivity index (χ0n) is 6.16. The molecule has 0 saturated carbocycles. The molecule has 0 spiro atoms. The number of rotatable bonds is 2. The lowest BCUT2D eigenvalue weighted by Crippen LogP contribution is -2.14. The molecule has 1 aromatic rings. The predicted octanol–water partition coefficient (Wildman–Crippen LogP) is 0.998. The van der Waals surface area contributed by atoms with E-state index in [4.69, 9.17) is 0 Å². The number of hydrogen-bond acceptors (Lipinski definition) is 2. The van der Waals surface area contributed by atoms with Crippen LogP contribution in [0.1, 0.15) is 5.56 Å². The minimum atomic E-state index is 1.04. The van der Waals surface area contributed by atoms with E-state index in [2.05, 4.69) is 11.1 Å². The van der Waals surface area contributed by atoms with Crippen LogP contribution in [0, 0.1) is 6.92 Å². The maximum absolute atomic E-state index is 4.19. The molecule has 0 aliphatic heterocycles. The molecule has 0 atom stereocenters. The number of aryl methyl sites for hydroxylation is 1. The molecule has 1 heterocycles. The first-order valence-electron chi connectivity index (χ1n) is 3.11. The van der Waals surface area contributed by atoms with Crippen molar-refractivity contribution in [3.05, 3.63) is 23.9 Å². The van der Waals surface area contributed by atoms with Crippen molar-refractivity contribution in [2.75, 3.05) is 6.26 Å². The van der Waals surface area contributed by atoms with E-state index >= 15 is 0 Å². The van der Waals surface area contributed by atoms with Crippen molar-refractivity contribution >= 4 is 23.8 Å². The molecular weight excluding hydrogens is 141 g/mol. The minimum absolute atomic E-state index is 1.04. The van der Waals surface area contributed by atoms with Gasteiger partial charge >= 0.3 is 0 Å². The van der Waals surface area contributed by atoms with Gasteiger partial charge in [0.05, 0.1) is 0 Å². The van der Waals surface area contributed by atoms with Crippen LogP contribution in [-0.2, 0) is 0 Å². The lowest BCUT2D eigenvalue weighted by molar-refractivity contribution is 1.31. The molecule has 0 N–H and O–H groups in total. The Morgan fingerprint density at radius 1 is 1.50 bits per heavy atom. The zero-order valence-corrected chi connectivity index (χ0v) is 6.98. The second-order valence-electron chi connectivity index (χ2n) is 2.11. The third-order valence-electron chi connectivity index (χ3n) is 1.17. The smallest absolute Gasteiger partial charge is 0.254 e. The van der Waals surface area contributed by atoms with Crippen LogP contribution in [0.2, 0.25) is 0 Å². The summed E-state index contributed by atoms with van der Waals surface area (Å²) in [5.41, 5.74) is 2.25. The molecule has 1 nitrogen and oxygen atoms in total. The summed E-state index contributed by atoms with van der Waals surface area (Å²) in [6.07, 6.45) is 3.91. The van der Waals surface area contributed by atoms with Gasteiger partial charge in [0.25, 0.3) is 6.56 Å². The Hall–Kier alpha value is -0.435. The maximum Gasteiger partial charge on any atom is 0.254 e. The first-order valence-corrected chi connectivity index (χ1v) is 4.40. The van der Waals surface area contributed by atoms with E-state index in [1.165, 1.54) is 5.56 Å². The largest absolute Gasteiger partial charge is 0.271 e. The fourth-order valence-electron chi connectivity index (χ4n) is 0.670. The fraction of sp³-hybridized carbons (Fsp3) is 0.286. The van der Waals surface area contributed by atoms with E-state index in [1.54, 1.807) is 11.6 Å². The minimum Gasteiger partial charge on any atom is -0.271 e. The van der Waals surface area contributed by atoms with Gasteiger partial charge in [0, 0.05) is 11.8 Å². The van der Waals surface area contributed by atoms with Crippen LogP contribution >= 0.6 is 11.6 Å². The van der Waals surface area contributed by atoms with Crippen molar-refractivity contribution in [1.29, 1.82) is 0 Å². The van der Waals surface area contributed by atoms with E-state index in [9.17, 15) is 0 Å². The molecule has 0 aliphatic rings. The molecule has 51 valence electrons. The molecule has 0 fully saturated rings. The summed E-state index contributed by atoms with van der Waals surface area (Å²) in [4.78, 5) is 4.19. The van der Waals surface area contributed by atoms with Gasteiger partial charge in [-0.1, -0.05) is 6.07 Å². The van der Waals surface area contributed by atoms with E-state index < -0.39 is 0 Å². The molecule has 0 amide bonds. The van der Waals surface area contributed by atoms with Gasteiger partial charge in [-0.3, -0.25) is 4.98 Å². The lowest BCUT2D eigenvalue weighted by atomic mass is 10.0. The molecule has 0 aromatic carbocycles. The van der Waals surface area contributed by atoms with Crippen molar-refractivity contribution in [1.82, 2.24) is 4.98 Å². The lowest BCUT2D eigenvalue weighted by Gasteiger charge is -1.94. The van der Waals surface area contributed by atoms with Crippen molar-refractivity contribution < 1.29 is 0 Å². The number of pyridine rings is 1. The molecule has 0 saturated heterocycles. The van der Waals surface area contributed by atoms with E-state index in [0.717, 1.165) is 5.59 Å². The molecule has 1 aromatic heterocycles. The first kappa shape index (κ1) is 7.67. The van der Waals surface area contributed by atoms with Gasteiger partial charge in [-0.25, -0.2) is 11.6 Å². The summed E-state index contributed by atoms with van der Waals surface area (Å²) in [5.74, 6) is 0. The molecule has 3 heteroatoms. The Morgan fingerprint density at radius 2 is 2.30 bits per heavy atom. The van der Waals surface area contributed by atoms with Crippen molar-refractivity contribution in [3.63, 3.8) is 0 Å². The highest BCUT2D eigenvalue weighted by Crippen LogP contribution is 1.91. The molecule has 0 aliphatic carbocycles. The Bertz CT molecular complexity index is 197. The molecule has 1 radical (unpaired) electrons. The highest BCUT2D eigenvalue weighted by molar-refractivity contribution is 8.23. The van der Waals surface area contributed by atoms with Crippen LogP contribution in [0.3, 0.4) is 0 Å². The van der Waals surface area contributed by atoms with E-state index in [1.807, 2.05) is 32.0 Å². The van der Waals surface area contributed by atoms with Gasteiger partial charge in [-0.05, 0) is 24.8 Å². The predicted molar refractivity (Wildman–Crippen MR) is 47.9 cm³/mol. The normalized spacial score (nSPS) is 9.40. The molecule has 0 unspecified atom stereocenters. The summed E-state index contributed by atoms with van der Waals surface area (Å²) in [6, 6.07) is 4.08. The quantitative estimate of drug-likeness (QED) is 0.583. The van der Waals surface area contributed by atoms with Crippen molar-refractivity contribution in [3.8, 4) is 0 Å². The third kappa shape index (κ3) is 2.07. The average Bonchev–Trinajstić information content (AvgIpc) is 1.95. The molecule has 0 bridgehead atoms. The molecule has 1 rings (SSSR count). The Labute approximate surface area is 66.4 Å². The SMILES string of the molecule is CS[B]c1ccc(C)cn1. The van der Waals surface area contributed by atoms with Gasteiger partial charge in [-0.15, -0.1) is 0 Å². The number of hydrogen-bond donors (Lipinski definition) is 0. The summed E-state index contributed by atoms with van der Waals surface area (Å²) in [6.45, 7) is 4.06. The molecular formula is C7H9BNS. The summed E-state index contributed by atoms with van der Waals surface area (Å²) < 4.78 is 0. The zero-order chi connectivity index (χ0) is 7.40. The first-order chi connectivity index (χ1) is 4.83. The average molecular weight is 150 g/mol. The summed E-state index contributed by atoms with van der Waals surface area (Å²) in [7, 11) is 0. The number of nitrogens with zero attached hydrogens (tertiary/aromatic N) is 1. The highest BCUT2D eigenvalue weighted by atomic mass is 32.2. The fourth-order valence-corrected chi connectivity index (χ4v) is 1.05. The van der Waals surface area contributed by atoms with Crippen LogP contribution in [0.5, 0.6) is 0 Å². The van der Waals surface area contributed by atoms with Crippen LogP contribution in [0.4, 0.5) is 0 Å². The van der Waals surface area contributed by atoms with Crippen LogP contribution in [0.25, 0.3) is 0 Å². The van der Waals surface area contributed by atoms with Crippen molar-refractivity contribution in [2.24, 2.45) is 0 Å². The van der Waals surface area contributed by atoms with Crippen LogP contribution in [0.15, 0.2) is 18.3 Å². The second-order valence-corrected chi connectivity index (χ2v) is 2.82. The van der Waals surface area contributed by atoms with E-state index in [0.29, 0.717) is 0 Å². The molecule has 10 heavy (non-hydrogen) atoms.